The number of furan rings is 1. The molecule has 122 valence electrons. The molecule has 0 saturated carbocycles. The number of hydrogen-bond acceptors (Lipinski definition) is 5. The summed E-state index contributed by atoms with van der Waals surface area (Å²) in [7, 11) is 0. The topological polar surface area (TPSA) is 54.2 Å². The molecular weight excluding hydrogens is 288 g/mol. The van der Waals surface area contributed by atoms with E-state index in [2.05, 4.69) is 39.5 Å². The highest BCUT2D eigenvalue weighted by atomic mass is 16.3. The molecule has 1 N–H and O–H groups in total. The van der Waals surface area contributed by atoms with Crippen LogP contribution in [0.2, 0.25) is 0 Å². The van der Waals surface area contributed by atoms with Crippen molar-refractivity contribution in [3.8, 4) is 0 Å². The molecule has 1 saturated heterocycles. The van der Waals surface area contributed by atoms with E-state index in [0.717, 1.165) is 49.8 Å². The van der Waals surface area contributed by atoms with Crippen molar-refractivity contribution >= 4 is 5.82 Å². The standard InChI is InChI=1S/C18H24N4O/c1-12-6-7-17(23-12)13(2)19-9-14-10-22(11-14)18-8-15-4-3-5-16(15)20-21-18/h6-8,13-14,19H,3-5,9-11H2,1-2H3. The van der Waals surface area contributed by atoms with E-state index in [0.29, 0.717) is 5.92 Å². The fourth-order valence-corrected chi connectivity index (χ4v) is 3.49. The second kappa shape index (κ2) is 5.96. The van der Waals surface area contributed by atoms with E-state index in [1.54, 1.807) is 0 Å². The zero-order valence-corrected chi connectivity index (χ0v) is 13.9. The third kappa shape index (κ3) is 2.98. The quantitative estimate of drug-likeness (QED) is 0.920. The summed E-state index contributed by atoms with van der Waals surface area (Å²) in [5, 5.41) is 12.3. The molecule has 5 heteroatoms. The van der Waals surface area contributed by atoms with Crippen LogP contribution in [0.15, 0.2) is 22.6 Å². The summed E-state index contributed by atoms with van der Waals surface area (Å²) >= 11 is 0. The van der Waals surface area contributed by atoms with Crippen molar-refractivity contribution in [2.24, 2.45) is 5.92 Å². The zero-order valence-electron chi connectivity index (χ0n) is 13.9. The Kier molecular flexibility index (Phi) is 3.81. The molecule has 5 nitrogen and oxygen atoms in total. The fourth-order valence-electron chi connectivity index (χ4n) is 3.49. The lowest BCUT2D eigenvalue weighted by molar-refractivity contribution is 0.344. The molecular formula is C18H24N4O. The third-order valence-electron chi connectivity index (χ3n) is 4.99. The van der Waals surface area contributed by atoms with E-state index < -0.39 is 0 Å². The summed E-state index contributed by atoms with van der Waals surface area (Å²) < 4.78 is 5.67. The summed E-state index contributed by atoms with van der Waals surface area (Å²) in [5.41, 5.74) is 2.61. The van der Waals surface area contributed by atoms with Gasteiger partial charge in [0.2, 0.25) is 0 Å². The molecule has 1 unspecified atom stereocenters. The number of anilines is 1. The van der Waals surface area contributed by atoms with Gasteiger partial charge in [0.1, 0.15) is 11.5 Å². The van der Waals surface area contributed by atoms with Gasteiger partial charge in [-0.2, -0.15) is 5.10 Å². The first-order chi connectivity index (χ1) is 11.2. The van der Waals surface area contributed by atoms with Gasteiger partial charge in [0.15, 0.2) is 5.82 Å². The lowest BCUT2D eigenvalue weighted by Gasteiger charge is -2.40. The highest BCUT2D eigenvalue weighted by Gasteiger charge is 2.29. The Morgan fingerprint density at radius 2 is 2.17 bits per heavy atom. The molecule has 23 heavy (non-hydrogen) atoms. The van der Waals surface area contributed by atoms with Crippen molar-refractivity contribution in [3.05, 3.63) is 41.0 Å². The van der Waals surface area contributed by atoms with Crippen molar-refractivity contribution in [3.63, 3.8) is 0 Å². The number of nitrogens with zero attached hydrogens (tertiary/aromatic N) is 3. The molecule has 0 radical (unpaired) electrons. The van der Waals surface area contributed by atoms with E-state index in [1.165, 1.54) is 17.7 Å². The first-order valence-corrected chi connectivity index (χ1v) is 8.59. The molecule has 2 aromatic rings. The molecule has 2 aromatic heterocycles. The number of aromatic nitrogens is 2. The molecule has 4 rings (SSSR count). The molecule has 0 amide bonds. The summed E-state index contributed by atoms with van der Waals surface area (Å²) in [6.07, 6.45) is 3.49. The van der Waals surface area contributed by atoms with Gasteiger partial charge in [0, 0.05) is 25.6 Å². The van der Waals surface area contributed by atoms with E-state index in [1.807, 2.05) is 13.0 Å². The van der Waals surface area contributed by atoms with Crippen LogP contribution >= 0.6 is 0 Å². The Labute approximate surface area is 137 Å². The van der Waals surface area contributed by atoms with Gasteiger partial charge in [-0.3, -0.25) is 0 Å². The molecule has 1 aliphatic heterocycles. The van der Waals surface area contributed by atoms with Crippen molar-refractivity contribution < 1.29 is 4.42 Å². The SMILES string of the molecule is Cc1ccc(C(C)NCC2CN(c3cc4c(nn3)CCC4)C2)o1. The van der Waals surface area contributed by atoms with Crippen molar-refractivity contribution in [2.75, 3.05) is 24.5 Å². The predicted octanol–water partition coefficient (Wildman–Crippen LogP) is 2.65. The van der Waals surface area contributed by atoms with Gasteiger partial charge in [-0.15, -0.1) is 5.10 Å². The van der Waals surface area contributed by atoms with E-state index in [4.69, 9.17) is 4.42 Å². The van der Waals surface area contributed by atoms with E-state index in [9.17, 15) is 0 Å². The first-order valence-electron chi connectivity index (χ1n) is 8.59. The highest BCUT2D eigenvalue weighted by Crippen LogP contribution is 2.27. The van der Waals surface area contributed by atoms with Crippen molar-refractivity contribution in [1.29, 1.82) is 0 Å². The average Bonchev–Trinajstić information content (AvgIpc) is 3.13. The van der Waals surface area contributed by atoms with Gasteiger partial charge >= 0.3 is 0 Å². The molecule has 1 atom stereocenters. The summed E-state index contributed by atoms with van der Waals surface area (Å²) in [6, 6.07) is 6.58. The smallest absolute Gasteiger partial charge is 0.151 e. The van der Waals surface area contributed by atoms with Gasteiger partial charge < -0.3 is 14.6 Å². The average molecular weight is 312 g/mol. The Morgan fingerprint density at radius 1 is 1.30 bits per heavy atom. The lowest BCUT2D eigenvalue weighted by atomic mass is 9.99. The lowest BCUT2D eigenvalue weighted by Crippen LogP contribution is -2.51. The largest absolute Gasteiger partial charge is 0.465 e. The fraction of sp³-hybridized carbons (Fsp3) is 0.556. The Bertz CT molecular complexity index is 690. The van der Waals surface area contributed by atoms with Crippen LogP contribution in [0, 0.1) is 12.8 Å². The van der Waals surface area contributed by atoms with Gasteiger partial charge in [-0.25, -0.2) is 0 Å². The molecule has 1 aliphatic carbocycles. The Balaban J connectivity index is 1.27. The highest BCUT2D eigenvalue weighted by molar-refractivity contribution is 5.45. The van der Waals surface area contributed by atoms with Crippen LogP contribution in [-0.4, -0.2) is 29.8 Å². The van der Waals surface area contributed by atoms with Crippen LogP contribution in [0.25, 0.3) is 0 Å². The minimum atomic E-state index is 0.262. The van der Waals surface area contributed by atoms with Crippen LogP contribution < -0.4 is 10.2 Å². The van der Waals surface area contributed by atoms with Crippen molar-refractivity contribution in [2.45, 2.75) is 39.2 Å². The molecule has 1 fully saturated rings. The first kappa shape index (κ1) is 14.7. The van der Waals surface area contributed by atoms with Gasteiger partial charge in [0.25, 0.3) is 0 Å². The summed E-state index contributed by atoms with van der Waals surface area (Å²) in [4.78, 5) is 2.33. The van der Waals surface area contributed by atoms with Crippen LogP contribution in [0.3, 0.4) is 0 Å². The van der Waals surface area contributed by atoms with Gasteiger partial charge in [-0.05, 0) is 56.9 Å². The van der Waals surface area contributed by atoms with E-state index in [-0.39, 0.29) is 6.04 Å². The third-order valence-corrected chi connectivity index (χ3v) is 4.99. The molecule has 0 bridgehead atoms. The minimum Gasteiger partial charge on any atom is -0.465 e. The van der Waals surface area contributed by atoms with Crippen LogP contribution in [-0.2, 0) is 12.8 Å². The van der Waals surface area contributed by atoms with Crippen LogP contribution in [0.1, 0.15) is 42.2 Å². The van der Waals surface area contributed by atoms with Crippen LogP contribution in [0.4, 0.5) is 5.82 Å². The molecule has 2 aliphatic rings. The second-order valence-corrected chi connectivity index (χ2v) is 6.88. The second-order valence-electron chi connectivity index (χ2n) is 6.88. The maximum absolute atomic E-state index is 5.67. The Morgan fingerprint density at radius 3 is 2.96 bits per heavy atom. The number of nitrogens with one attached hydrogen (secondary N) is 1. The summed E-state index contributed by atoms with van der Waals surface area (Å²) in [5.74, 6) is 3.71. The summed E-state index contributed by atoms with van der Waals surface area (Å²) in [6.45, 7) is 7.27. The maximum atomic E-state index is 5.67. The van der Waals surface area contributed by atoms with Gasteiger partial charge in [-0.1, -0.05) is 0 Å². The van der Waals surface area contributed by atoms with E-state index >= 15 is 0 Å². The number of rotatable bonds is 5. The Hall–Kier alpha value is -1.88. The molecule has 0 aromatic carbocycles. The van der Waals surface area contributed by atoms with Gasteiger partial charge in [0.05, 0.1) is 11.7 Å². The molecule has 3 heterocycles. The van der Waals surface area contributed by atoms with Crippen LogP contribution in [0.5, 0.6) is 0 Å². The predicted molar refractivity (Wildman–Crippen MR) is 89.6 cm³/mol. The zero-order chi connectivity index (χ0) is 15.8. The molecule has 0 spiro atoms. The maximum Gasteiger partial charge on any atom is 0.151 e. The minimum absolute atomic E-state index is 0.262. The number of fused-ring (bicyclic) bond motifs is 1. The number of hydrogen-bond donors (Lipinski definition) is 1. The number of aryl methyl sites for hydroxylation is 3. The van der Waals surface area contributed by atoms with Crippen molar-refractivity contribution in [1.82, 2.24) is 15.5 Å². The monoisotopic (exact) mass is 312 g/mol. The normalized spacial score (nSPS) is 18.8.